The molecule has 5 nitrogen and oxygen atoms in total. The van der Waals surface area contributed by atoms with Crippen LogP contribution in [0.3, 0.4) is 0 Å². The van der Waals surface area contributed by atoms with Crippen molar-refractivity contribution in [2.24, 2.45) is 0 Å². The predicted octanol–water partition coefficient (Wildman–Crippen LogP) is 1.47. The van der Waals surface area contributed by atoms with Gasteiger partial charge in [0.1, 0.15) is 5.82 Å². The Hall–Kier alpha value is -1.95. The number of carbonyl (C=O) groups excluding carboxylic acids is 2. The summed E-state index contributed by atoms with van der Waals surface area (Å²) in [7, 11) is 0. The van der Waals surface area contributed by atoms with Gasteiger partial charge in [-0.1, -0.05) is 0 Å². The van der Waals surface area contributed by atoms with Crippen molar-refractivity contribution in [2.45, 2.75) is 25.8 Å². The van der Waals surface area contributed by atoms with Crippen LogP contribution in [0.2, 0.25) is 0 Å². The maximum absolute atomic E-state index is 13.5. The van der Waals surface area contributed by atoms with Crippen LogP contribution in [0.1, 0.15) is 19.8 Å². The van der Waals surface area contributed by atoms with E-state index in [0.29, 0.717) is 11.7 Å². The highest BCUT2D eigenvalue weighted by Crippen LogP contribution is 2.20. The quantitative estimate of drug-likeness (QED) is 0.755. The first kappa shape index (κ1) is 13.5. The van der Waals surface area contributed by atoms with Gasteiger partial charge in [0.2, 0.25) is 11.8 Å². The first-order valence-electron chi connectivity index (χ1n) is 6.15. The number of hydrogen-bond acceptors (Lipinski definition) is 3. The summed E-state index contributed by atoms with van der Waals surface area (Å²) >= 11 is 0. The Labute approximate surface area is 110 Å². The molecule has 19 heavy (non-hydrogen) atoms. The number of amides is 2. The molecule has 1 fully saturated rings. The van der Waals surface area contributed by atoms with E-state index in [9.17, 15) is 14.0 Å². The van der Waals surface area contributed by atoms with Gasteiger partial charge in [-0.3, -0.25) is 9.59 Å². The summed E-state index contributed by atoms with van der Waals surface area (Å²) in [4.78, 5) is 22.5. The molecule has 2 amide bonds. The second-order valence-electron chi connectivity index (χ2n) is 4.58. The largest absolute Gasteiger partial charge is 0.326 e. The highest BCUT2D eigenvalue weighted by atomic mass is 19.1. The molecule has 0 aliphatic heterocycles. The van der Waals surface area contributed by atoms with Crippen LogP contribution in [0.25, 0.3) is 0 Å². The molecule has 0 unspecified atom stereocenters. The van der Waals surface area contributed by atoms with Gasteiger partial charge in [-0.05, 0) is 31.0 Å². The zero-order valence-electron chi connectivity index (χ0n) is 10.6. The van der Waals surface area contributed by atoms with Crippen molar-refractivity contribution in [3.63, 3.8) is 0 Å². The average molecular weight is 265 g/mol. The molecule has 2 rings (SSSR count). The Balaban J connectivity index is 1.96. The lowest BCUT2D eigenvalue weighted by Crippen LogP contribution is -2.29. The van der Waals surface area contributed by atoms with Gasteiger partial charge in [0.25, 0.3) is 0 Å². The van der Waals surface area contributed by atoms with Gasteiger partial charge < -0.3 is 16.0 Å². The molecular weight excluding hydrogens is 249 g/mol. The van der Waals surface area contributed by atoms with Gasteiger partial charge in [-0.2, -0.15) is 0 Å². The van der Waals surface area contributed by atoms with Crippen molar-refractivity contribution < 1.29 is 14.0 Å². The summed E-state index contributed by atoms with van der Waals surface area (Å²) in [5.74, 6) is -1.08. The SMILES string of the molecule is CC(=O)Nc1ccc(F)c(NC(=O)CNC2CC2)c1. The Bertz CT molecular complexity index is 501. The van der Waals surface area contributed by atoms with Gasteiger partial charge in [0.15, 0.2) is 0 Å². The van der Waals surface area contributed by atoms with E-state index in [4.69, 9.17) is 0 Å². The molecule has 0 aromatic heterocycles. The van der Waals surface area contributed by atoms with Crippen LogP contribution in [-0.2, 0) is 9.59 Å². The average Bonchev–Trinajstić information content (AvgIpc) is 3.14. The molecule has 0 heterocycles. The summed E-state index contributed by atoms with van der Waals surface area (Å²) in [6.45, 7) is 1.52. The van der Waals surface area contributed by atoms with Crippen molar-refractivity contribution in [1.82, 2.24) is 5.32 Å². The van der Waals surface area contributed by atoms with Crippen LogP contribution >= 0.6 is 0 Å². The molecule has 1 saturated carbocycles. The number of benzene rings is 1. The number of rotatable bonds is 5. The third kappa shape index (κ3) is 4.33. The van der Waals surface area contributed by atoms with Crippen LogP contribution in [-0.4, -0.2) is 24.4 Å². The van der Waals surface area contributed by atoms with Crippen LogP contribution in [0.4, 0.5) is 15.8 Å². The monoisotopic (exact) mass is 265 g/mol. The minimum atomic E-state index is -0.533. The molecule has 1 aromatic rings. The fraction of sp³-hybridized carbons (Fsp3) is 0.385. The summed E-state index contributed by atoms with van der Waals surface area (Å²) in [6, 6.07) is 4.46. The number of carbonyl (C=O) groups is 2. The molecule has 0 spiro atoms. The topological polar surface area (TPSA) is 70.2 Å². The van der Waals surface area contributed by atoms with E-state index in [1.807, 2.05) is 0 Å². The standard InChI is InChI=1S/C13H16FN3O2/c1-8(18)16-10-4-5-11(14)12(6-10)17-13(19)7-15-9-2-3-9/h4-6,9,15H,2-3,7H2,1H3,(H,16,18)(H,17,19). The maximum atomic E-state index is 13.5. The van der Waals surface area contributed by atoms with E-state index >= 15 is 0 Å². The smallest absolute Gasteiger partial charge is 0.238 e. The Morgan fingerprint density at radius 3 is 2.68 bits per heavy atom. The van der Waals surface area contributed by atoms with Crippen molar-refractivity contribution in [1.29, 1.82) is 0 Å². The number of hydrogen-bond donors (Lipinski definition) is 3. The molecule has 0 radical (unpaired) electrons. The molecule has 1 aliphatic rings. The van der Waals surface area contributed by atoms with Gasteiger partial charge in [0, 0.05) is 18.7 Å². The van der Waals surface area contributed by atoms with Gasteiger partial charge in [0.05, 0.1) is 12.2 Å². The summed E-state index contributed by atoms with van der Waals surface area (Å²) < 4.78 is 13.5. The van der Waals surface area contributed by atoms with Crippen molar-refractivity contribution in [3.8, 4) is 0 Å². The summed E-state index contributed by atoms with van der Waals surface area (Å²) in [5.41, 5.74) is 0.508. The summed E-state index contributed by atoms with van der Waals surface area (Å²) in [6.07, 6.45) is 2.17. The van der Waals surface area contributed by atoms with Gasteiger partial charge >= 0.3 is 0 Å². The van der Waals surface area contributed by atoms with Crippen molar-refractivity contribution in [3.05, 3.63) is 24.0 Å². The van der Waals surface area contributed by atoms with E-state index in [0.717, 1.165) is 12.8 Å². The van der Waals surface area contributed by atoms with E-state index < -0.39 is 5.82 Å². The zero-order valence-corrected chi connectivity index (χ0v) is 10.6. The fourth-order valence-corrected chi connectivity index (χ4v) is 1.62. The minimum absolute atomic E-state index is 0.0637. The molecule has 6 heteroatoms. The second-order valence-corrected chi connectivity index (χ2v) is 4.58. The van der Waals surface area contributed by atoms with Crippen LogP contribution in [0.5, 0.6) is 0 Å². The van der Waals surface area contributed by atoms with E-state index in [-0.39, 0.29) is 24.0 Å². The predicted molar refractivity (Wildman–Crippen MR) is 70.4 cm³/mol. The minimum Gasteiger partial charge on any atom is -0.326 e. The number of nitrogens with one attached hydrogen (secondary N) is 3. The second kappa shape index (κ2) is 5.79. The van der Waals surface area contributed by atoms with Crippen LogP contribution in [0.15, 0.2) is 18.2 Å². The van der Waals surface area contributed by atoms with Gasteiger partial charge in [-0.25, -0.2) is 4.39 Å². The van der Waals surface area contributed by atoms with E-state index in [2.05, 4.69) is 16.0 Å². The third-order valence-corrected chi connectivity index (χ3v) is 2.69. The van der Waals surface area contributed by atoms with Crippen molar-refractivity contribution in [2.75, 3.05) is 17.2 Å². The molecule has 1 aromatic carbocycles. The lowest BCUT2D eigenvalue weighted by atomic mass is 10.2. The normalized spacial score (nSPS) is 14.0. The highest BCUT2D eigenvalue weighted by Gasteiger charge is 2.21. The Kier molecular flexibility index (Phi) is 4.11. The number of anilines is 2. The molecular formula is C13H16FN3O2. The highest BCUT2D eigenvalue weighted by molar-refractivity contribution is 5.94. The lowest BCUT2D eigenvalue weighted by molar-refractivity contribution is -0.115. The zero-order chi connectivity index (χ0) is 13.8. The molecule has 0 bridgehead atoms. The maximum Gasteiger partial charge on any atom is 0.238 e. The lowest BCUT2D eigenvalue weighted by Gasteiger charge is -2.09. The fourth-order valence-electron chi connectivity index (χ4n) is 1.62. The summed E-state index contributed by atoms with van der Waals surface area (Å²) in [5, 5.41) is 8.05. The first-order valence-corrected chi connectivity index (χ1v) is 6.15. The third-order valence-electron chi connectivity index (χ3n) is 2.69. The van der Waals surface area contributed by atoms with Crippen molar-refractivity contribution >= 4 is 23.2 Å². The Morgan fingerprint density at radius 1 is 1.32 bits per heavy atom. The first-order chi connectivity index (χ1) is 9.04. The van der Waals surface area contributed by atoms with Crippen LogP contribution < -0.4 is 16.0 Å². The molecule has 102 valence electrons. The molecule has 0 atom stereocenters. The van der Waals surface area contributed by atoms with E-state index in [1.165, 1.54) is 25.1 Å². The molecule has 0 saturated heterocycles. The Morgan fingerprint density at radius 2 is 2.05 bits per heavy atom. The van der Waals surface area contributed by atoms with Crippen LogP contribution in [0, 0.1) is 5.82 Å². The molecule has 1 aliphatic carbocycles. The van der Waals surface area contributed by atoms with E-state index in [1.54, 1.807) is 0 Å². The van der Waals surface area contributed by atoms with Gasteiger partial charge in [-0.15, -0.1) is 0 Å². The molecule has 3 N–H and O–H groups in total. The number of halogens is 1.